The molecule has 0 aromatic carbocycles. The molecule has 0 saturated heterocycles. The summed E-state index contributed by atoms with van der Waals surface area (Å²) in [5.41, 5.74) is 3.19. The molecule has 0 aliphatic heterocycles. The van der Waals surface area contributed by atoms with Crippen molar-refractivity contribution in [2.45, 2.75) is 67.1 Å². The fraction of sp³-hybridized carbons (Fsp3) is 0.800. The summed E-state index contributed by atoms with van der Waals surface area (Å²) in [5.74, 6) is 0. The fourth-order valence-corrected chi connectivity index (χ4v) is 3.80. The first-order chi connectivity index (χ1) is 8.77. The topological polar surface area (TPSA) is 29.9 Å². The van der Waals surface area contributed by atoms with E-state index < -0.39 is 0 Å². The van der Waals surface area contributed by atoms with Crippen molar-refractivity contribution >= 4 is 15.9 Å². The van der Waals surface area contributed by atoms with Gasteiger partial charge in [0.15, 0.2) is 0 Å². The highest BCUT2D eigenvalue weighted by atomic mass is 79.9. The summed E-state index contributed by atoms with van der Waals surface area (Å²) in [6, 6.07) is 0.581. The van der Waals surface area contributed by atoms with E-state index in [2.05, 4.69) is 72.6 Å². The molecule has 3 nitrogen and oxygen atoms in total. The Kier molecular flexibility index (Phi) is 3.87. The maximum Gasteiger partial charge on any atom is 0.0767 e. The third-order valence-corrected chi connectivity index (χ3v) is 6.10. The molecule has 108 valence electrons. The van der Waals surface area contributed by atoms with Crippen LogP contribution in [0.25, 0.3) is 0 Å². The van der Waals surface area contributed by atoms with E-state index in [0.29, 0.717) is 16.9 Å². The van der Waals surface area contributed by atoms with Crippen LogP contribution in [0.15, 0.2) is 4.47 Å². The van der Waals surface area contributed by atoms with Crippen molar-refractivity contribution in [3.05, 3.63) is 15.9 Å². The van der Waals surface area contributed by atoms with Crippen LogP contribution in [0, 0.1) is 10.8 Å². The van der Waals surface area contributed by atoms with Gasteiger partial charge in [0.2, 0.25) is 0 Å². The van der Waals surface area contributed by atoms with Crippen LogP contribution in [0.1, 0.15) is 52.9 Å². The van der Waals surface area contributed by atoms with Gasteiger partial charge in [0, 0.05) is 19.1 Å². The molecule has 1 heterocycles. The molecule has 0 unspecified atom stereocenters. The Morgan fingerprint density at radius 2 is 1.79 bits per heavy atom. The van der Waals surface area contributed by atoms with Crippen LogP contribution >= 0.6 is 15.9 Å². The summed E-state index contributed by atoms with van der Waals surface area (Å²) in [5, 5.41) is 8.36. The summed E-state index contributed by atoms with van der Waals surface area (Å²) < 4.78 is 3.29. The number of nitrogens with one attached hydrogen (secondary N) is 1. The monoisotopic (exact) mass is 327 g/mol. The largest absolute Gasteiger partial charge is 0.307 e. The lowest BCUT2D eigenvalue weighted by atomic mass is 10.0. The Morgan fingerprint density at radius 1 is 1.21 bits per heavy atom. The smallest absolute Gasteiger partial charge is 0.0767 e. The van der Waals surface area contributed by atoms with E-state index in [1.807, 2.05) is 0 Å². The molecule has 1 aromatic heterocycles. The molecule has 19 heavy (non-hydrogen) atoms. The van der Waals surface area contributed by atoms with Gasteiger partial charge in [0.1, 0.15) is 0 Å². The maximum atomic E-state index is 4.65. The van der Waals surface area contributed by atoms with Gasteiger partial charge in [-0.3, -0.25) is 4.68 Å². The normalized spacial score (nSPS) is 20.8. The molecule has 1 saturated carbocycles. The fourth-order valence-electron chi connectivity index (χ4n) is 3.09. The molecule has 1 aromatic rings. The molecular formula is C15H26BrN3. The Hall–Kier alpha value is -0.350. The van der Waals surface area contributed by atoms with E-state index in [1.165, 1.54) is 10.2 Å². The first kappa shape index (κ1) is 15.0. The average Bonchev–Trinajstić information content (AvgIpc) is 2.62. The van der Waals surface area contributed by atoms with Gasteiger partial charge in [-0.05, 0) is 40.1 Å². The lowest BCUT2D eigenvalue weighted by molar-refractivity contribution is 0.457. The van der Waals surface area contributed by atoms with E-state index in [-0.39, 0.29) is 0 Å². The number of hydrogen-bond donors (Lipinski definition) is 1. The highest BCUT2D eigenvalue weighted by Crippen LogP contribution is 2.62. The van der Waals surface area contributed by atoms with Crippen molar-refractivity contribution in [3.8, 4) is 0 Å². The second kappa shape index (κ2) is 4.88. The minimum atomic E-state index is 0.379. The van der Waals surface area contributed by atoms with Gasteiger partial charge in [0.05, 0.1) is 15.9 Å². The number of hydrogen-bond acceptors (Lipinski definition) is 2. The van der Waals surface area contributed by atoms with Gasteiger partial charge in [-0.25, -0.2) is 0 Å². The zero-order chi connectivity index (χ0) is 14.4. The molecule has 1 N–H and O–H groups in total. The second-order valence-corrected chi connectivity index (χ2v) is 7.43. The Bertz CT molecular complexity index is 460. The van der Waals surface area contributed by atoms with E-state index in [1.54, 1.807) is 0 Å². The number of aryl methyl sites for hydroxylation is 2. The minimum absolute atomic E-state index is 0.379. The van der Waals surface area contributed by atoms with Gasteiger partial charge in [-0.1, -0.05) is 34.6 Å². The molecule has 0 amide bonds. The maximum absolute atomic E-state index is 4.65. The van der Waals surface area contributed by atoms with Gasteiger partial charge in [0.25, 0.3) is 0 Å². The van der Waals surface area contributed by atoms with Gasteiger partial charge < -0.3 is 5.32 Å². The lowest BCUT2D eigenvalue weighted by Gasteiger charge is -2.09. The van der Waals surface area contributed by atoms with Gasteiger partial charge >= 0.3 is 0 Å². The van der Waals surface area contributed by atoms with E-state index in [9.17, 15) is 0 Å². The quantitative estimate of drug-likeness (QED) is 0.892. The zero-order valence-electron chi connectivity index (χ0n) is 13.0. The third-order valence-electron chi connectivity index (χ3n) is 5.19. The zero-order valence-corrected chi connectivity index (χ0v) is 14.6. The first-order valence-corrected chi connectivity index (χ1v) is 8.04. The highest BCUT2D eigenvalue weighted by molar-refractivity contribution is 9.10. The van der Waals surface area contributed by atoms with Crippen LogP contribution in [-0.2, 0) is 19.5 Å². The Labute approximate surface area is 125 Å². The van der Waals surface area contributed by atoms with Crippen molar-refractivity contribution in [1.82, 2.24) is 15.1 Å². The lowest BCUT2D eigenvalue weighted by Crippen LogP contribution is -2.23. The van der Waals surface area contributed by atoms with Crippen molar-refractivity contribution in [1.29, 1.82) is 0 Å². The second-order valence-electron chi connectivity index (χ2n) is 6.63. The molecule has 0 spiro atoms. The molecule has 2 rings (SSSR count). The number of halogens is 1. The summed E-state index contributed by atoms with van der Waals surface area (Å²) in [6.45, 7) is 15.5. The molecule has 0 atom stereocenters. The van der Waals surface area contributed by atoms with Crippen LogP contribution in [-0.4, -0.2) is 15.8 Å². The predicted octanol–water partition coefficient (Wildman–Crippen LogP) is 3.75. The average molecular weight is 328 g/mol. The molecule has 4 heteroatoms. The highest BCUT2D eigenvalue weighted by Gasteiger charge is 2.64. The van der Waals surface area contributed by atoms with Gasteiger partial charge in [-0.2, -0.15) is 5.10 Å². The summed E-state index contributed by atoms with van der Waals surface area (Å²) >= 11 is 3.71. The molecule has 1 fully saturated rings. The van der Waals surface area contributed by atoms with Crippen LogP contribution < -0.4 is 5.32 Å². The van der Waals surface area contributed by atoms with Crippen LogP contribution in [0.3, 0.4) is 0 Å². The van der Waals surface area contributed by atoms with E-state index in [0.717, 1.165) is 25.2 Å². The molecule has 1 aliphatic carbocycles. The molecule has 0 radical (unpaired) electrons. The van der Waals surface area contributed by atoms with Crippen LogP contribution in [0.4, 0.5) is 0 Å². The van der Waals surface area contributed by atoms with Crippen LogP contribution in [0.2, 0.25) is 0 Å². The Morgan fingerprint density at radius 3 is 2.21 bits per heavy atom. The van der Waals surface area contributed by atoms with E-state index >= 15 is 0 Å². The minimum Gasteiger partial charge on any atom is -0.307 e. The summed E-state index contributed by atoms with van der Waals surface area (Å²) in [7, 11) is 0. The summed E-state index contributed by atoms with van der Waals surface area (Å²) in [4.78, 5) is 0. The standard InChI is InChI=1S/C15H26BrN3/c1-7-10-12(16)11(19(8-2)18-10)9-17-13-14(3,4)15(13,5)6/h13,17H,7-9H2,1-6H3. The molecule has 0 bridgehead atoms. The van der Waals surface area contributed by atoms with Crippen molar-refractivity contribution in [3.63, 3.8) is 0 Å². The van der Waals surface area contributed by atoms with Crippen molar-refractivity contribution < 1.29 is 0 Å². The Balaban J connectivity index is 2.11. The van der Waals surface area contributed by atoms with Gasteiger partial charge in [-0.15, -0.1) is 0 Å². The SMILES string of the molecule is CCc1nn(CC)c(CNC2C(C)(C)C2(C)C)c1Br. The number of aromatic nitrogens is 2. The van der Waals surface area contributed by atoms with Crippen LogP contribution in [0.5, 0.6) is 0 Å². The van der Waals surface area contributed by atoms with E-state index in [4.69, 9.17) is 0 Å². The number of nitrogens with zero attached hydrogens (tertiary/aromatic N) is 2. The molecular weight excluding hydrogens is 302 g/mol. The predicted molar refractivity (Wildman–Crippen MR) is 83.2 cm³/mol. The molecule has 1 aliphatic rings. The van der Waals surface area contributed by atoms with Crippen molar-refractivity contribution in [2.75, 3.05) is 0 Å². The van der Waals surface area contributed by atoms with Crippen molar-refractivity contribution in [2.24, 2.45) is 10.8 Å². The number of rotatable bonds is 5. The summed E-state index contributed by atoms with van der Waals surface area (Å²) in [6.07, 6.45) is 0.973. The first-order valence-electron chi connectivity index (χ1n) is 7.24. The third kappa shape index (κ3) is 2.27.